The lowest BCUT2D eigenvalue weighted by atomic mass is 10.0. The molecule has 0 aliphatic carbocycles. The molecule has 4 nitrogen and oxygen atoms in total. The predicted octanol–water partition coefficient (Wildman–Crippen LogP) is 0.869. The molecule has 90 valence electrons. The molecule has 1 N–H and O–H groups in total. The lowest BCUT2D eigenvalue weighted by molar-refractivity contribution is -0.135. The Hall–Kier alpha value is -0.610. The summed E-state index contributed by atoms with van der Waals surface area (Å²) in [4.78, 5) is 13.7. The first-order chi connectivity index (χ1) is 6.95. The fraction of sp³-hybridized carbons (Fsp3) is 0.909. The maximum atomic E-state index is 12.0. The molecule has 0 spiro atoms. The number of rotatable bonds is 7. The third-order valence-corrected chi connectivity index (χ3v) is 2.34. The highest BCUT2D eigenvalue weighted by molar-refractivity contribution is 5.85. The van der Waals surface area contributed by atoms with Gasteiger partial charge in [-0.25, -0.2) is 0 Å². The second kappa shape index (κ2) is 6.80. The summed E-state index contributed by atoms with van der Waals surface area (Å²) in [5.41, 5.74) is -0.476. The van der Waals surface area contributed by atoms with Gasteiger partial charge >= 0.3 is 0 Å². The van der Waals surface area contributed by atoms with Crippen LogP contribution in [-0.2, 0) is 9.53 Å². The van der Waals surface area contributed by atoms with E-state index < -0.39 is 5.54 Å². The largest absolute Gasteiger partial charge is 0.385 e. The van der Waals surface area contributed by atoms with Crippen molar-refractivity contribution in [1.82, 2.24) is 10.2 Å². The van der Waals surface area contributed by atoms with E-state index in [1.807, 2.05) is 27.8 Å². The van der Waals surface area contributed by atoms with Crippen molar-refractivity contribution in [3.8, 4) is 0 Å². The summed E-state index contributed by atoms with van der Waals surface area (Å²) in [6.07, 6.45) is 0.876. The molecule has 0 unspecified atom stereocenters. The van der Waals surface area contributed by atoms with Gasteiger partial charge in [0.15, 0.2) is 0 Å². The topological polar surface area (TPSA) is 41.6 Å². The van der Waals surface area contributed by atoms with Crippen molar-refractivity contribution in [2.24, 2.45) is 0 Å². The van der Waals surface area contributed by atoms with Gasteiger partial charge in [-0.1, -0.05) is 6.92 Å². The number of amides is 1. The van der Waals surface area contributed by atoms with Gasteiger partial charge in [0.2, 0.25) is 5.91 Å². The number of hydrogen-bond donors (Lipinski definition) is 1. The van der Waals surface area contributed by atoms with E-state index in [0.29, 0.717) is 6.61 Å². The van der Waals surface area contributed by atoms with Crippen LogP contribution in [0.3, 0.4) is 0 Å². The van der Waals surface area contributed by atoms with Crippen LogP contribution in [0.5, 0.6) is 0 Å². The van der Waals surface area contributed by atoms with Gasteiger partial charge in [0, 0.05) is 27.3 Å². The van der Waals surface area contributed by atoms with Crippen molar-refractivity contribution in [3.63, 3.8) is 0 Å². The van der Waals surface area contributed by atoms with Crippen LogP contribution in [-0.4, -0.2) is 50.2 Å². The van der Waals surface area contributed by atoms with Crippen molar-refractivity contribution in [2.45, 2.75) is 32.7 Å². The number of likely N-dealkylation sites (N-methyl/N-ethyl adjacent to an activating group) is 2. The Morgan fingerprint density at radius 1 is 1.47 bits per heavy atom. The van der Waals surface area contributed by atoms with Crippen LogP contribution in [0, 0.1) is 0 Å². The molecule has 0 bridgehead atoms. The first-order valence-electron chi connectivity index (χ1n) is 5.45. The highest BCUT2D eigenvalue weighted by Crippen LogP contribution is 2.06. The summed E-state index contributed by atoms with van der Waals surface area (Å²) in [6.45, 7) is 8.04. The van der Waals surface area contributed by atoms with Crippen LogP contribution >= 0.6 is 0 Å². The Morgan fingerprint density at radius 2 is 2.07 bits per heavy atom. The molecule has 1 amide bonds. The van der Waals surface area contributed by atoms with Gasteiger partial charge in [-0.15, -0.1) is 0 Å². The SMILES string of the molecule is CCNC(C)(C)C(=O)N(C)CCCOC. The standard InChI is InChI=1S/C11H24N2O2/c1-6-12-11(2,3)10(14)13(4)8-7-9-15-5/h12H,6-9H2,1-5H3. The fourth-order valence-corrected chi connectivity index (χ4v) is 1.54. The van der Waals surface area contributed by atoms with Crippen LogP contribution in [0.1, 0.15) is 27.2 Å². The van der Waals surface area contributed by atoms with Gasteiger partial charge in [0.25, 0.3) is 0 Å². The highest BCUT2D eigenvalue weighted by atomic mass is 16.5. The van der Waals surface area contributed by atoms with Gasteiger partial charge in [-0.2, -0.15) is 0 Å². The lowest BCUT2D eigenvalue weighted by Crippen LogP contribution is -2.53. The molecule has 0 aromatic rings. The van der Waals surface area contributed by atoms with Gasteiger partial charge in [-0.05, 0) is 26.8 Å². The first kappa shape index (κ1) is 14.4. The lowest BCUT2D eigenvalue weighted by Gasteiger charge is -2.30. The molecule has 0 heterocycles. The molecule has 0 saturated heterocycles. The summed E-state index contributed by atoms with van der Waals surface area (Å²) in [5, 5.41) is 3.17. The minimum Gasteiger partial charge on any atom is -0.385 e. The van der Waals surface area contributed by atoms with E-state index in [9.17, 15) is 4.79 Å². The van der Waals surface area contributed by atoms with E-state index >= 15 is 0 Å². The van der Waals surface area contributed by atoms with E-state index in [0.717, 1.165) is 19.5 Å². The molecule has 0 aliphatic rings. The highest BCUT2D eigenvalue weighted by Gasteiger charge is 2.28. The third kappa shape index (κ3) is 5.14. The molecule has 0 aromatic heterocycles. The number of methoxy groups -OCH3 is 1. The van der Waals surface area contributed by atoms with Gasteiger partial charge in [0.1, 0.15) is 0 Å². The summed E-state index contributed by atoms with van der Waals surface area (Å²) >= 11 is 0. The number of hydrogen-bond acceptors (Lipinski definition) is 3. The van der Waals surface area contributed by atoms with E-state index in [1.54, 1.807) is 12.0 Å². The van der Waals surface area contributed by atoms with E-state index in [-0.39, 0.29) is 5.91 Å². The predicted molar refractivity (Wildman–Crippen MR) is 61.9 cm³/mol. The molecule has 0 radical (unpaired) electrons. The number of nitrogens with zero attached hydrogens (tertiary/aromatic N) is 1. The van der Waals surface area contributed by atoms with Crippen molar-refractivity contribution in [2.75, 3.05) is 33.9 Å². The minimum atomic E-state index is -0.476. The summed E-state index contributed by atoms with van der Waals surface area (Å²) in [6, 6.07) is 0. The van der Waals surface area contributed by atoms with Crippen LogP contribution in [0.4, 0.5) is 0 Å². The average Bonchev–Trinajstić information content (AvgIpc) is 2.16. The van der Waals surface area contributed by atoms with Gasteiger partial charge < -0.3 is 15.0 Å². The Balaban J connectivity index is 4.06. The first-order valence-corrected chi connectivity index (χ1v) is 5.45. The maximum absolute atomic E-state index is 12.0. The summed E-state index contributed by atoms with van der Waals surface area (Å²) in [5.74, 6) is 0.125. The maximum Gasteiger partial charge on any atom is 0.242 e. The van der Waals surface area contributed by atoms with Crippen molar-refractivity contribution in [3.05, 3.63) is 0 Å². The zero-order valence-electron chi connectivity index (χ0n) is 10.6. The molecule has 0 aliphatic heterocycles. The Bertz CT molecular complexity index is 193. The average molecular weight is 216 g/mol. The van der Waals surface area contributed by atoms with E-state index in [2.05, 4.69) is 5.32 Å². The normalized spacial score (nSPS) is 11.5. The van der Waals surface area contributed by atoms with Crippen molar-refractivity contribution in [1.29, 1.82) is 0 Å². The Morgan fingerprint density at radius 3 is 2.53 bits per heavy atom. The van der Waals surface area contributed by atoms with Crippen LogP contribution < -0.4 is 5.32 Å². The van der Waals surface area contributed by atoms with Gasteiger partial charge in [0.05, 0.1) is 5.54 Å². The van der Waals surface area contributed by atoms with Crippen molar-refractivity contribution < 1.29 is 9.53 Å². The zero-order chi connectivity index (χ0) is 11.9. The zero-order valence-corrected chi connectivity index (χ0v) is 10.6. The van der Waals surface area contributed by atoms with Crippen LogP contribution in [0.25, 0.3) is 0 Å². The molecule has 0 aromatic carbocycles. The molecular formula is C11H24N2O2. The molecule has 0 saturated carbocycles. The number of carbonyl (C=O) groups is 1. The third-order valence-electron chi connectivity index (χ3n) is 2.34. The smallest absolute Gasteiger partial charge is 0.242 e. The second-order valence-electron chi connectivity index (χ2n) is 4.23. The Labute approximate surface area is 93.0 Å². The van der Waals surface area contributed by atoms with E-state index in [1.165, 1.54) is 0 Å². The number of carbonyl (C=O) groups excluding carboxylic acids is 1. The quantitative estimate of drug-likeness (QED) is 0.642. The molecule has 15 heavy (non-hydrogen) atoms. The van der Waals surface area contributed by atoms with Crippen LogP contribution in [0.2, 0.25) is 0 Å². The summed E-state index contributed by atoms with van der Waals surface area (Å²) < 4.78 is 4.95. The van der Waals surface area contributed by atoms with Crippen molar-refractivity contribution >= 4 is 5.91 Å². The minimum absolute atomic E-state index is 0.125. The molecule has 4 heteroatoms. The van der Waals surface area contributed by atoms with Crippen LogP contribution in [0.15, 0.2) is 0 Å². The second-order valence-corrected chi connectivity index (χ2v) is 4.23. The number of ether oxygens (including phenoxy) is 1. The molecular weight excluding hydrogens is 192 g/mol. The Kier molecular flexibility index (Phi) is 6.52. The molecule has 0 fully saturated rings. The van der Waals surface area contributed by atoms with Gasteiger partial charge in [-0.3, -0.25) is 4.79 Å². The monoisotopic (exact) mass is 216 g/mol. The molecule has 0 rings (SSSR count). The summed E-state index contributed by atoms with van der Waals surface area (Å²) in [7, 11) is 3.50. The number of nitrogens with one attached hydrogen (secondary N) is 1. The molecule has 0 atom stereocenters. The fourth-order valence-electron chi connectivity index (χ4n) is 1.54. The van der Waals surface area contributed by atoms with E-state index in [4.69, 9.17) is 4.74 Å².